The highest BCUT2D eigenvalue weighted by Gasteiger charge is 2.34. The second-order valence-corrected chi connectivity index (χ2v) is 8.11. The fraction of sp³-hybridized carbons (Fsp3) is 0.368. The minimum atomic E-state index is -3.49. The lowest BCUT2D eigenvalue weighted by Gasteiger charge is -2.24. The Morgan fingerprint density at radius 3 is 2.15 bits per heavy atom. The van der Waals surface area contributed by atoms with Crippen molar-refractivity contribution >= 4 is 22.4 Å². The van der Waals surface area contributed by atoms with E-state index in [0.717, 1.165) is 18.6 Å². The molecule has 0 bridgehead atoms. The Bertz CT molecular complexity index is 826. The Labute approximate surface area is 166 Å². The maximum absolute atomic E-state index is 12.9. The molecule has 1 N–H and O–H groups in total. The zero-order valence-electron chi connectivity index (χ0n) is 15.4. The van der Waals surface area contributed by atoms with Crippen LogP contribution in [-0.2, 0) is 10.0 Å². The first kappa shape index (κ1) is 21.5. The first-order valence-electron chi connectivity index (χ1n) is 8.63. The van der Waals surface area contributed by atoms with E-state index < -0.39 is 10.0 Å². The Hall–Kier alpha value is -1.80. The van der Waals surface area contributed by atoms with Gasteiger partial charge in [0, 0.05) is 19.1 Å². The van der Waals surface area contributed by atoms with Gasteiger partial charge in [-0.25, -0.2) is 8.42 Å². The molecule has 0 amide bonds. The SMILES string of the molecule is CNCC1CCCN1S(=O)(=O)c1ccc(Oc2ccc(OC)cc2)cc1.Cl. The van der Waals surface area contributed by atoms with Crippen LogP contribution < -0.4 is 14.8 Å². The van der Waals surface area contributed by atoms with Crippen molar-refractivity contribution in [1.82, 2.24) is 9.62 Å². The highest BCUT2D eigenvalue weighted by atomic mass is 35.5. The van der Waals surface area contributed by atoms with Crippen LogP contribution in [0.1, 0.15) is 12.8 Å². The smallest absolute Gasteiger partial charge is 0.243 e. The van der Waals surface area contributed by atoms with Gasteiger partial charge >= 0.3 is 0 Å². The molecule has 0 saturated carbocycles. The van der Waals surface area contributed by atoms with Gasteiger partial charge in [0.1, 0.15) is 17.2 Å². The van der Waals surface area contributed by atoms with E-state index in [2.05, 4.69) is 5.32 Å². The lowest BCUT2D eigenvalue weighted by atomic mass is 10.2. The monoisotopic (exact) mass is 412 g/mol. The van der Waals surface area contributed by atoms with Gasteiger partial charge in [0.2, 0.25) is 10.0 Å². The Morgan fingerprint density at radius 2 is 1.59 bits per heavy atom. The summed E-state index contributed by atoms with van der Waals surface area (Å²) in [6.45, 7) is 1.23. The molecule has 1 atom stereocenters. The van der Waals surface area contributed by atoms with E-state index in [9.17, 15) is 8.42 Å². The zero-order valence-corrected chi connectivity index (χ0v) is 17.1. The van der Waals surface area contributed by atoms with Crippen molar-refractivity contribution in [3.63, 3.8) is 0 Å². The molecule has 1 fully saturated rings. The predicted molar refractivity (Wildman–Crippen MR) is 108 cm³/mol. The highest BCUT2D eigenvalue weighted by Crippen LogP contribution is 2.28. The molecule has 8 heteroatoms. The zero-order chi connectivity index (χ0) is 18.6. The van der Waals surface area contributed by atoms with Gasteiger partial charge in [-0.3, -0.25) is 0 Å². The quantitative estimate of drug-likeness (QED) is 0.755. The van der Waals surface area contributed by atoms with E-state index >= 15 is 0 Å². The number of sulfonamides is 1. The molecule has 27 heavy (non-hydrogen) atoms. The predicted octanol–water partition coefficient (Wildman–Crippen LogP) is 3.28. The van der Waals surface area contributed by atoms with Gasteiger partial charge in [-0.2, -0.15) is 4.31 Å². The van der Waals surface area contributed by atoms with Crippen molar-refractivity contribution in [2.24, 2.45) is 0 Å². The Balaban J connectivity index is 0.00000261. The summed E-state index contributed by atoms with van der Waals surface area (Å²) < 4.78 is 38.3. The van der Waals surface area contributed by atoms with Crippen LogP contribution in [0.4, 0.5) is 0 Å². The molecule has 0 aliphatic carbocycles. The van der Waals surface area contributed by atoms with E-state index in [1.807, 2.05) is 19.2 Å². The highest BCUT2D eigenvalue weighted by molar-refractivity contribution is 7.89. The molecule has 0 aromatic heterocycles. The normalized spacial score (nSPS) is 17.3. The van der Waals surface area contributed by atoms with E-state index in [1.54, 1.807) is 47.8 Å². The summed E-state index contributed by atoms with van der Waals surface area (Å²) in [5.41, 5.74) is 0. The molecule has 0 radical (unpaired) electrons. The third-order valence-electron chi connectivity index (χ3n) is 4.49. The van der Waals surface area contributed by atoms with Crippen LogP contribution in [0.2, 0.25) is 0 Å². The van der Waals surface area contributed by atoms with Crippen LogP contribution in [-0.4, -0.2) is 46.0 Å². The lowest BCUT2D eigenvalue weighted by molar-refractivity contribution is 0.379. The van der Waals surface area contributed by atoms with Crippen molar-refractivity contribution in [2.45, 2.75) is 23.8 Å². The van der Waals surface area contributed by atoms with Gasteiger partial charge in [0.05, 0.1) is 12.0 Å². The molecule has 148 valence electrons. The maximum Gasteiger partial charge on any atom is 0.243 e. The number of benzene rings is 2. The lowest BCUT2D eigenvalue weighted by Crippen LogP contribution is -2.40. The third-order valence-corrected chi connectivity index (χ3v) is 6.45. The number of hydrogen-bond donors (Lipinski definition) is 1. The third kappa shape index (κ3) is 4.93. The largest absolute Gasteiger partial charge is 0.497 e. The van der Waals surface area contributed by atoms with Crippen LogP contribution in [0.3, 0.4) is 0 Å². The average molecular weight is 413 g/mol. The Kier molecular flexibility index (Phi) is 7.49. The molecule has 6 nitrogen and oxygen atoms in total. The summed E-state index contributed by atoms with van der Waals surface area (Å²) in [5, 5.41) is 3.07. The summed E-state index contributed by atoms with van der Waals surface area (Å²) in [6, 6.07) is 13.8. The van der Waals surface area contributed by atoms with Gasteiger partial charge in [0.15, 0.2) is 0 Å². The number of ether oxygens (including phenoxy) is 2. The number of methoxy groups -OCH3 is 1. The number of nitrogens with zero attached hydrogens (tertiary/aromatic N) is 1. The van der Waals surface area contributed by atoms with Crippen LogP contribution in [0.25, 0.3) is 0 Å². The van der Waals surface area contributed by atoms with Crippen molar-refractivity contribution in [1.29, 1.82) is 0 Å². The minimum absolute atomic E-state index is 0. The molecular formula is C19H25ClN2O4S. The van der Waals surface area contributed by atoms with Crippen LogP contribution in [0.15, 0.2) is 53.4 Å². The standard InChI is InChI=1S/C19H24N2O4S.ClH/c1-20-14-15-4-3-13-21(15)26(22,23)19-11-9-18(10-12-19)25-17-7-5-16(24-2)6-8-17;/h5-12,15,20H,3-4,13-14H2,1-2H3;1H. The fourth-order valence-corrected chi connectivity index (χ4v) is 4.85. The van der Waals surface area contributed by atoms with Crippen molar-refractivity contribution in [3.05, 3.63) is 48.5 Å². The molecule has 1 heterocycles. The molecule has 1 aliphatic heterocycles. The summed E-state index contributed by atoms with van der Waals surface area (Å²) in [6.07, 6.45) is 1.78. The van der Waals surface area contributed by atoms with E-state index in [1.165, 1.54) is 0 Å². The average Bonchev–Trinajstić information content (AvgIpc) is 3.12. The van der Waals surface area contributed by atoms with E-state index in [4.69, 9.17) is 9.47 Å². The second kappa shape index (κ2) is 9.41. The number of likely N-dealkylation sites (N-methyl/N-ethyl adjacent to an activating group) is 1. The van der Waals surface area contributed by atoms with Crippen molar-refractivity contribution in [2.75, 3.05) is 27.2 Å². The molecule has 1 unspecified atom stereocenters. The summed E-state index contributed by atoms with van der Waals surface area (Å²) in [5.74, 6) is 2.00. The van der Waals surface area contributed by atoms with Gasteiger partial charge in [-0.05, 0) is 68.4 Å². The molecule has 2 aromatic carbocycles. The number of halogens is 1. The number of rotatable bonds is 7. The second-order valence-electron chi connectivity index (χ2n) is 6.22. The summed E-state index contributed by atoms with van der Waals surface area (Å²) >= 11 is 0. The molecular weight excluding hydrogens is 388 g/mol. The van der Waals surface area contributed by atoms with Crippen LogP contribution in [0, 0.1) is 0 Å². The minimum Gasteiger partial charge on any atom is -0.497 e. The molecule has 3 rings (SSSR count). The van der Waals surface area contributed by atoms with Crippen LogP contribution >= 0.6 is 12.4 Å². The van der Waals surface area contributed by atoms with Gasteiger partial charge in [0.25, 0.3) is 0 Å². The fourth-order valence-electron chi connectivity index (χ4n) is 3.16. The number of nitrogens with one attached hydrogen (secondary N) is 1. The topological polar surface area (TPSA) is 67.9 Å². The van der Waals surface area contributed by atoms with Crippen molar-refractivity contribution in [3.8, 4) is 17.2 Å². The first-order valence-corrected chi connectivity index (χ1v) is 10.1. The Morgan fingerprint density at radius 1 is 1.04 bits per heavy atom. The van der Waals surface area contributed by atoms with Crippen LogP contribution in [0.5, 0.6) is 17.2 Å². The maximum atomic E-state index is 12.9. The van der Waals surface area contributed by atoms with E-state index in [0.29, 0.717) is 29.5 Å². The van der Waals surface area contributed by atoms with Gasteiger partial charge in [-0.1, -0.05) is 0 Å². The van der Waals surface area contributed by atoms with Gasteiger partial charge in [-0.15, -0.1) is 12.4 Å². The molecule has 2 aromatic rings. The number of hydrogen-bond acceptors (Lipinski definition) is 5. The van der Waals surface area contributed by atoms with Crippen molar-refractivity contribution < 1.29 is 17.9 Å². The summed E-state index contributed by atoms with van der Waals surface area (Å²) in [7, 11) is -0.0381. The van der Waals surface area contributed by atoms with Gasteiger partial charge < -0.3 is 14.8 Å². The summed E-state index contributed by atoms with van der Waals surface area (Å²) in [4.78, 5) is 0.294. The first-order chi connectivity index (χ1) is 12.5. The molecule has 1 saturated heterocycles. The van der Waals surface area contributed by atoms with E-state index in [-0.39, 0.29) is 18.4 Å². The molecule has 1 aliphatic rings. The molecule has 0 spiro atoms.